The van der Waals surface area contributed by atoms with Crippen molar-refractivity contribution in [3.8, 4) is 29.4 Å². The molecule has 0 radical (unpaired) electrons. The molecule has 41 heavy (non-hydrogen) atoms. The molecule has 13 heteroatoms. The van der Waals surface area contributed by atoms with Crippen LogP contribution in [0.5, 0.6) is 17.2 Å². The van der Waals surface area contributed by atoms with Gasteiger partial charge in [-0.25, -0.2) is 9.97 Å². The Morgan fingerprint density at radius 1 is 0.829 bits per heavy atom. The van der Waals surface area contributed by atoms with Crippen molar-refractivity contribution in [1.29, 1.82) is 10.5 Å². The van der Waals surface area contributed by atoms with Crippen LogP contribution >= 0.6 is 45.8 Å². The van der Waals surface area contributed by atoms with Gasteiger partial charge >= 0.3 is 51.4 Å². The van der Waals surface area contributed by atoms with E-state index >= 15 is 0 Å². The first-order chi connectivity index (χ1) is 18.7. The number of anilines is 2. The largest absolute Gasteiger partial charge is 1.00 e. The van der Waals surface area contributed by atoms with Crippen LogP contribution in [0.25, 0.3) is 0 Å². The Morgan fingerprint density at radius 3 is 1.63 bits per heavy atom. The maximum absolute atomic E-state index is 10.1. The Bertz CT molecular complexity index is 1410. The quantitative estimate of drug-likeness (QED) is 0.0918. The van der Waals surface area contributed by atoms with E-state index in [1.54, 1.807) is 87.6 Å². The van der Waals surface area contributed by atoms with Crippen molar-refractivity contribution in [2.24, 2.45) is 0 Å². The molecule has 0 saturated carbocycles. The average molecular weight is 731 g/mol. The third-order valence-corrected chi connectivity index (χ3v) is 5.42. The summed E-state index contributed by atoms with van der Waals surface area (Å²) in [6.07, 6.45) is 3.06. The van der Waals surface area contributed by atoms with Gasteiger partial charge in [0.15, 0.2) is 5.15 Å². The van der Waals surface area contributed by atoms with Crippen LogP contribution in [0.1, 0.15) is 31.9 Å². The van der Waals surface area contributed by atoms with Crippen molar-refractivity contribution in [2.75, 3.05) is 11.5 Å². The first kappa shape index (κ1) is 38.8. The van der Waals surface area contributed by atoms with E-state index in [1.165, 1.54) is 6.20 Å². The van der Waals surface area contributed by atoms with Gasteiger partial charge in [-0.2, -0.15) is 10.5 Å². The summed E-state index contributed by atoms with van der Waals surface area (Å²) in [7, 11) is 0. The van der Waals surface area contributed by atoms with Gasteiger partial charge in [0.05, 0.1) is 0 Å². The molecule has 4 rings (SSSR count). The minimum atomic E-state index is -0.750. The summed E-state index contributed by atoms with van der Waals surface area (Å²) in [6, 6.07) is 20.5. The fourth-order valence-electron chi connectivity index (χ4n) is 2.26. The number of hydrogen-bond acceptors (Lipinski definition) is 9. The Balaban J connectivity index is 0.000000570. The van der Waals surface area contributed by atoms with E-state index in [0.717, 1.165) is 3.57 Å². The fourth-order valence-corrected chi connectivity index (χ4v) is 3.35. The molecule has 4 aromatic rings. The Kier molecular flexibility index (Phi) is 18.8. The predicted octanol–water partition coefficient (Wildman–Crippen LogP) is 3.32. The average Bonchev–Trinajstić information content (AvgIpc) is 2.87. The molecule has 2 aromatic heterocycles. The van der Waals surface area contributed by atoms with E-state index in [2.05, 4.69) is 9.97 Å². The Morgan fingerprint density at radius 2 is 1.24 bits per heavy atom. The molecule has 5 N–H and O–H groups in total. The van der Waals surface area contributed by atoms with Crippen LogP contribution in [0.3, 0.4) is 0 Å². The van der Waals surface area contributed by atoms with Gasteiger partial charge in [-0.15, -0.1) is 5.60 Å². The van der Waals surface area contributed by atoms with Crippen LogP contribution in [0.2, 0.25) is 10.3 Å². The molecule has 0 amide bonds. The van der Waals surface area contributed by atoms with Gasteiger partial charge in [0.2, 0.25) is 0 Å². The number of aromatic hydroxyl groups is 1. The second-order valence-electron chi connectivity index (χ2n) is 8.53. The van der Waals surface area contributed by atoms with Gasteiger partial charge in [0, 0.05) is 33.4 Å². The topological polar surface area (TPSA) is 178 Å². The standard InChI is InChI=1S/C12H8ClN3O.C6H2ClIN2.C6H7NO.C4H9O.K/c13-12-10(7-14)11(5-6-16-12)17-9-3-1-8(15)2-4-9;7-6-4(3-9)5(8)1-2-10-6;7-5-1-3-6(8)4-2-5;1-4(2,3)5;/h1-6H,15H2;1-2H;1-4,8H,7H2;1-3H3;/q;;;-1;+1. The number of ether oxygens (including phenoxy) is 1. The van der Waals surface area contributed by atoms with E-state index in [4.69, 9.17) is 55.0 Å². The number of phenolic OH excluding ortho intramolecular Hbond substituents is 1. The number of nitrogens with zero attached hydrogens (tertiary/aromatic N) is 4. The van der Waals surface area contributed by atoms with E-state index in [-0.39, 0.29) is 73.0 Å². The van der Waals surface area contributed by atoms with Crippen LogP contribution in [0.4, 0.5) is 11.4 Å². The summed E-state index contributed by atoms with van der Waals surface area (Å²) < 4.78 is 6.37. The van der Waals surface area contributed by atoms with Gasteiger partial charge in [-0.05, 0) is 77.2 Å². The van der Waals surface area contributed by atoms with Crippen LogP contribution in [-0.4, -0.2) is 20.7 Å². The maximum atomic E-state index is 10.1. The van der Waals surface area contributed by atoms with Crippen LogP contribution in [0, 0.1) is 26.2 Å². The van der Waals surface area contributed by atoms with Crippen molar-refractivity contribution < 1.29 is 66.3 Å². The summed E-state index contributed by atoms with van der Waals surface area (Å²) in [5.41, 5.74) is 12.1. The van der Waals surface area contributed by atoms with Crippen molar-refractivity contribution >= 4 is 57.2 Å². The molecule has 0 bridgehead atoms. The predicted molar refractivity (Wildman–Crippen MR) is 164 cm³/mol. The number of nitrogens with two attached hydrogens (primary N) is 2. The third kappa shape index (κ3) is 16.8. The number of benzene rings is 2. The van der Waals surface area contributed by atoms with Crippen LogP contribution in [0.15, 0.2) is 73.1 Å². The molecule has 0 unspecified atom stereocenters. The zero-order valence-corrected chi connectivity index (χ0v) is 29.6. The van der Waals surface area contributed by atoms with Crippen molar-refractivity contribution in [2.45, 2.75) is 26.4 Å². The number of hydrogen-bond donors (Lipinski definition) is 3. The SMILES string of the molecule is CC(C)(C)[O-].N#Cc1c(I)ccnc1Cl.N#Cc1c(Oc2ccc(N)cc2)ccnc1Cl.Nc1ccc(O)cc1.[K+]. The maximum Gasteiger partial charge on any atom is 1.00 e. The number of pyridine rings is 2. The minimum Gasteiger partial charge on any atom is -0.850 e. The molecular formula is C28H26Cl2IKN6O3. The summed E-state index contributed by atoms with van der Waals surface area (Å²) in [5, 5.41) is 36.7. The molecule has 0 spiro atoms. The fraction of sp³-hybridized carbons (Fsp3) is 0.143. The summed E-state index contributed by atoms with van der Waals surface area (Å²) in [4.78, 5) is 7.56. The normalized spacial score (nSPS) is 9.39. The summed E-state index contributed by atoms with van der Waals surface area (Å²) in [6.45, 7) is 4.90. The van der Waals surface area contributed by atoms with E-state index < -0.39 is 5.60 Å². The number of phenols is 1. The van der Waals surface area contributed by atoms with Gasteiger partial charge < -0.3 is 26.4 Å². The van der Waals surface area contributed by atoms with Gasteiger partial charge in [-0.3, -0.25) is 0 Å². The van der Waals surface area contributed by atoms with Crippen LogP contribution in [-0.2, 0) is 0 Å². The Labute approximate surface area is 305 Å². The molecule has 0 aliphatic heterocycles. The number of aromatic nitrogens is 2. The zero-order chi connectivity index (χ0) is 30.3. The zero-order valence-electron chi connectivity index (χ0n) is 22.8. The van der Waals surface area contributed by atoms with E-state index in [0.29, 0.717) is 28.4 Å². The number of rotatable bonds is 2. The molecule has 0 aliphatic carbocycles. The van der Waals surface area contributed by atoms with Gasteiger partial charge in [0.1, 0.15) is 45.7 Å². The second kappa shape index (κ2) is 19.9. The smallest absolute Gasteiger partial charge is 0.850 e. The molecule has 0 fully saturated rings. The monoisotopic (exact) mass is 730 g/mol. The molecular weight excluding hydrogens is 705 g/mol. The second-order valence-corrected chi connectivity index (χ2v) is 10.4. The third-order valence-electron chi connectivity index (χ3n) is 3.94. The van der Waals surface area contributed by atoms with Crippen LogP contribution < -0.4 is 72.7 Å². The van der Waals surface area contributed by atoms with E-state index in [1.807, 2.05) is 34.7 Å². The van der Waals surface area contributed by atoms with Crippen molar-refractivity contribution in [3.63, 3.8) is 0 Å². The molecule has 208 valence electrons. The summed E-state index contributed by atoms with van der Waals surface area (Å²) >= 11 is 13.4. The molecule has 0 aliphatic rings. The van der Waals surface area contributed by atoms with E-state index in [9.17, 15) is 5.11 Å². The first-order valence-electron chi connectivity index (χ1n) is 11.3. The number of nitriles is 2. The molecule has 2 heterocycles. The Hall–Kier alpha value is -2.17. The van der Waals surface area contributed by atoms with Gasteiger partial charge in [-0.1, -0.05) is 44.0 Å². The molecule has 0 saturated heterocycles. The molecule has 2 aromatic carbocycles. The van der Waals surface area contributed by atoms with Crippen molar-refractivity contribution in [3.05, 3.63) is 98.1 Å². The molecule has 9 nitrogen and oxygen atoms in total. The number of halogens is 3. The first-order valence-corrected chi connectivity index (χ1v) is 13.1. The van der Waals surface area contributed by atoms with Gasteiger partial charge in [0.25, 0.3) is 0 Å². The van der Waals surface area contributed by atoms with Crippen molar-refractivity contribution in [1.82, 2.24) is 9.97 Å². The minimum absolute atomic E-state index is 0. The molecule has 0 atom stereocenters. The number of nitrogen functional groups attached to an aromatic ring is 2. The summed E-state index contributed by atoms with van der Waals surface area (Å²) in [5.74, 6) is 1.20.